The molecule has 1 aliphatic rings. The van der Waals surface area contributed by atoms with Crippen LogP contribution in [0.1, 0.15) is 45.5 Å². The summed E-state index contributed by atoms with van der Waals surface area (Å²) >= 11 is 0. The van der Waals surface area contributed by atoms with Gasteiger partial charge in [0.1, 0.15) is 11.4 Å². The second-order valence-electron chi connectivity index (χ2n) is 10.2. The molecule has 11 heteroatoms. The minimum atomic E-state index is -1.24. The summed E-state index contributed by atoms with van der Waals surface area (Å²) < 4.78 is 13.1. The number of nitrogens with two attached hydrogens (primary N) is 2. The summed E-state index contributed by atoms with van der Waals surface area (Å²) in [5.41, 5.74) is 14.4. The van der Waals surface area contributed by atoms with Crippen LogP contribution in [-0.2, 0) is 13.0 Å². The number of benzene rings is 2. The number of pyridine rings is 1. The van der Waals surface area contributed by atoms with Gasteiger partial charge in [0.25, 0.3) is 0 Å². The van der Waals surface area contributed by atoms with Gasteiger partial charge in [0.2, 0.25) is 11.4 Å². The van der Waals surface area contributed by atoms with Gasteiger partial charge in [-0.25, -0.2) is 9.78 Å². The smallest absolute Gasteiger partial charge is 0.341 e. The molecule has 11 nitrogen and oxygen atoms in total. The number of rotatable bonds is 7. The van der Waals surface area contributed by atoms with Gasteiger partial charge in [-0.1, -0.05) is 11.8 Å². The Bertz CT molecular complexity index is 1780. The highest BCUT2D eigenvalue weighted by molar-refractivity contribution is 5.93. The maximum absolute atomic E-state index is 13.0. The van der Waals surface area contributed by atoms with Crippen molar-refractivity contribution in [2.24, 2.45) is 5.92 Å². The Kier molecular flexibility index (Phi) is 8.26. The minimum Gasteiger partial charge on any atom is -0.493 e. The van der Waals surface area contributed by atoms with E-state index in [9.17, 15) is 14.7 Å². The third kappa shape index (κ3) is 5.99. The fraction of sp³-hybridized carbons (Fsp3) is 0.290. The normalized spacial score (nSPS) is 13.4. The van der Waals surface area contributed by atoms with Gasteiger partial charge in [0.05, 0.1) is 25.3 Å². The fourth-order valence-corrected chi connectivity index (χ4v) is 5.26. The summed E-state index contributed by atoms with van der Waals surface area (Å²) in [6.45, 7) is 2.43. The first-order valence-electron chi connectivity index (χ1n) is 13.5. The average molecular weight is 569 g/mol. The van der Waals surface area contributed by atoms with Gasteiger partial charge in [0.15, 0.2) is 11.5 Å². The Morgan fingerprint density at radius 3 is 2.62 bits per heavy atom. The number of methoxy groups -OCH3 is 2. The van der Waals surface area contributed by atoms with Crippen LogP contribution in [0.4, 0.5) is 11.8 Å². The first-order chi connectivity index (χ1) is 20.3. The van der Waals surface area contributed by atoms with Crippen LogP contribution < -0.4 is 31.7 Å². The van der Waals surface area contributed by atoms with E-state index in [4.69, 9.17) is 20.9 Å². The molecule has 0 spiro atoms. The van der Waals surface area contributed by atoms with Gasteiger partial charge in [-0.3, -0.25) is 4.79 Å². The van der Waals surface area contributed by atoms with Crippen LogP contribution in [-0.4, -0.2) is 52.9 Å². The largest absolute Gasteiger partial charge is 0.493 e. The molecule has 0 radical (unpaired) electrons. The Morgan fingerprint density at radius 1 is 1.14 bits per heavy atom. The molecule has 4 aromatic rings. The number of aromatic nitrogens is 3. The van der Waals surface area contributed by atoms with Crippen LogP contribution in [0.25, 0.3) is 10.9 Å². The van der Waals surface area contributed by atoms with Crippen molar-refractivity contribution in [3.05, 3.63) is 80.8 Å². The minimum absolute atomic E-state index is 0.103. The highest BCUT2D eigenvalue weighted by Crippen LogP contribution is 2.33. The van der Waals surface area contributed by atoms with Crippen LogP contribution in [0.2, 0.25) is 0 Å². The quantitative estimate of drug-likeness (QED) is 0.243. The number of piperidine rings is 1. The molecule has 0 amide bonds. The Balaban J connectivity index is 1.56. The second-order valence-corrected chi connectivity index (χ2v) is 10.2. The molecule has 6 N–H and O–H groups in total. The van der Waals surface area contributed by atoms with E-state index in [-0.39, 0.29) is 11.5 Å². The number of hydrogen-bond donors (Lipinski definition) is 4. The van der Waals surface area contributed by atoms with Gasteiger partial charge in [-0.05, 0) is 67.7 Å². The summed E-state index contributed by atoms with van der Waals surface area (Å²) in [7, 11) is 3.10. The number of aromatic carboxylic acids is 1. The van der Waals surface area contributed by atoms with Crippen LogP contribution in [0, 0.1) is 17.8 Å². The standard InChI is InChI=1S/C31H32N6O5/c1-41-26-14-20(12-22-15-35-31(33)36-29(22)32)11-21(28(26)42-2)5-3-18-4-6-23-25(13-18)37(16-19-7-9-34-10-8-19)17-24(27(23)38)30(39)40/h4,6,11,13-15,17,19,34H,7-10,12,16H2,1-2H3,(H,39,40)(H4,32,33,35,36). The molecule has 1 saturated heterocycles. The molecule has 2 aromatic heterocycles. The lowest BCUT2D eigenvalue weighted by molar-refractivity contribution is 0.0694. The van der Waals surface area contributed by atoms with Crippen molar-refractivity contribution in [3.63, 3.8) is 0 Å². The first-order valence-corrected chi connectivity index (χ1v) is 13.5. The maximum Gasteiger partial charge on any atom is 0.341 e. The Morgan fingerprint density at radius 2 is 1.93 bits per heavy atom. The van der Waals surface area contributed by atoms with Gasteiger partial charge in [0, 0.05) is 41.9 Å². The summed E-state index contributed by atoms with van der Waals surface area (Å²) in [6, 6.07) is 8.92. The number of nitrogen functional groups attached to an aromatic ring is 2. The molecule has 0 unspecified atom stereocenters. The van der Waals surface area contributed by atoms with E-state index in [0.29, 0.717) is 63.8 Å². The number of nitrogens with one attached hydrogen (secondary N) is 1. The summed E-state index contributed by atoms with van der Waals surface area (Å²) in [4.78, 5) is 32.9. The molecule has 2 aromatic carbocycles. The van der Waals surface area contributed by atoms with E-state index < -0.39 is 11.4 Å². The molecule has 42 heavy (non-hydrogen) atoms. The Labute approximate surface area is 242 Å². The van der Waals surface area contributed by atoms with E-state index in [1.807, 2.05) is 22.8 Å². The molecule has 0 aliphatic carbocycles. The molecule has 1 fully saturated rings. The van der Waals surface area contributed by atoms with Crippen molar-refractivity contribution in [1.82, 2.24) is 19.9 Å². The molecule has 0 saturated carbocycles. The molecular formula is C31H32N6O5. The number of carboxylic acids is 1. The van der Waals surface area contributed by atoms with Crippen molar-refractivity contribution < 1.29 is 19.4 Å². The summed E-state index contributed by atoms with van der Waals surface area (Å²) in [5, 5.41) is 13.4. The van der Waals surface area contributed by atoms with Crippen molar-refractivity contribution in [3.8, 4) is 23.3 Å². The van der Waals surface area contributed by atoms with Crippen LogP contribution >= 0.6 is 0 Å². The third-order valence-electron chi connectivity index (χ3n) is 7.42. The van der Waals surface area contributed by atoms with E-state index in [1.165, 1.54) is 6.20 Å². The van der Waals surface area contributed by atoms with Crippen LogP contribution in [0.15, 0.2) is 47.5 Å². The van der Waals surface area contributed by atoms with Crippen molar-refractivity contribution in [1.29, 1.82) is 0 Å². The number of anilines is 2. The second kappa shape index (κ2) is 12.2. The number of carbonyl (C=O) groups is 1. The molecule has 3 heterocycles. The lowest BCUT2D eigenvalue weighted by Crippen LogP contribution is -2.30. The van der Waals surface area contributed by atoms with Gasteiger partial charge < -0.3 is 35.9 Å². The van der Waals surface area contributed by atoms with E-state index in [1.54, 1.807) is 32.5 Å². The highest BCUT2D eigenvalue weighted by Gasteiger charge is 2.19. The van der Waals surface area contributed by atoms with Crippen molar-refractivity contribution >= 4 is 28.6 Å². The molecule has 0 atom stereocenters. The number of fused-ring (bicyclic) bond motifs is 1. The lowest BCUT2D eigenvalue weighted by atomic mass is 9.97. The number of nitrogens with zero attached hydrogens (tertiary/aromatic N) is 3. The van der Waals surface area contributed by atoms with Gasteiger partial charge in [-0.15, -0.1) is 0 Å². The topological polar surface area (TPSA) is 168 Å². The predicted molar refractivity (Wildman–Crippen MR) is 160 cm³/mol. The Hall–Kier alpha value is -5.08. The number of ether oxygens (including phenoxy) is 2. The monoisotopic (exact) mass is 568 g/mol. The van der Waals surface area contributed by atoms with E-state index in [0.717, 1.165) is 31.5 Å². The van der Waals surface area contributed by atoms with Crippen LogP contribution in [0.3, 0.4) is 0 Å². The molecular weight excluding hydrogens is 536 g/mol. The zero-order valence-corrected chi connectivity index (χ0v) is 23.4. The molecule has 216 valence electrons. The first kappa shape index (κ1) is 28.4. The van der Waals surface area contributed by atoms with E-state index >= 15 is 0 Å². The molecule has 1 aliphatic heterocycles. The zero-order valence-electron chi connectivity index (χ0n) is 23.4. The average Bonchev–Trinajstić information content (AvgIpc) is 2.98. The van der Waals surface area contributed by atoms with Gasteiger partial charge in [-0.2, -0.15) is 4.98 Å². The molecule has 0 bridgehead atoms. The summed E-state index contributed by atoms with van der Waals surface area (Å²) in [6.07, 6.45) is 5.42. The zero-order chi connectivity index (χ0) is 29.8. The predicted octanol–water partition coefficient (Wildman–Crippen LogP) is 2.66. The fourth-order valence-electron chi connectivity index (χ4n) is 5.26. The van der Waals surface area contributed by atoms with Crippen molar-refractivity contribution in [2.45, 2.75) is 25.8 Å². The van der Waals surface area contributed by atoms with Crippen molar-refractivity contribution in [2.75, 3.05) is 38.8 Å². The number of hydrogen-bond acceptors (Lipinski definition) is 9. The third-order valence-corrected chi connectivity index (χ3v) is 7.42. The number of carboxylic acid groups (broad SMARTS) is 1. The summed E-state index contributed by atoms with van der Waals surface area (Å²) in [5.74, 6) is 6.88. The van der Waals surface area contributed by atoms with E-state index in [2.05, 4.69) is 27.1 Å². The SMILES string of the molecule is COc1cc(Cc2cnc(N)nc2N)cc(C#Cc2ccc3c(=O)c(C(=O)O)cn(CC4CCNCC4)c3c2)c1OC. The van der Waals surface area contributed by atoms with Gasteiger partial charge >= 0.3 is 5.97 Å². The lowest BCUT2D eigenvalue weighted by Gasteiger charge is -2.24. The maximum atomic E-state index is 13.0. The highest BCUT2D eigenvalue weighted by atomic mass is 16.5. The molecule has 5 rings (SSSR count). The van der Waals surface area contributed by atoms with Crippen LogP contribution in [0.5, 0.6) is 11.5 Å².